The molecule has 0 saturated carbocycles. The number of fused-ring (bicyclic) bond motifs is 1. The van der Waals surface area contributed by atoms with E-state index >= 15 is 0 Å². The Bertz CT molecular complexity index is 553. The van der Waals surface area contributed by atoms with Crippen molar-refractivity contribution in [3.8, 4) is 0 Å². The van der Waals surface area contributed by atoms with Crippen LogP contribution in [0.3, 0.4) is 0 Å². The van der Waals surface area contributed by atoms with Crippen LogP contribution in [0.2, 0.25) is 0 Å². The third-order valence-electron chi connectivity index (χ3n) is 4.37. The number of sulfone groups is 1. The summed E-state index contributed by atoms with van der Waals surface area (Å²) in [6, 6.07) is 7.61. The average Bonchev–Trinajstić information content (AvgIpc) is 2.43. The van der Waals surface area contributed by atoms with Gasteiger partial charge in [-0.3, -0.25) is 0 Å². The Kier molecular flexibility index (Phi) is 4.86. The molecule has 0 amide bonds. The van der Waals surface area contributed by atoms with Gasteiger partial charge in [0.05, 0.1) is 11.0 Å². The molecule has 2 N–H and O–H groups in total. The maximum atomic E-state index is 12.5. The van der Waals surface area contributed by atoms with Crippen molar-refractivity contribution >= 4 is 9.84 Å². The van der Waals surface area contributed by atoms with Crippen molar-refractivity contribution in [2.45, 2.75) is 56.7 Å². The van der Waals surface area contributed by atoms with Crippen LogP contribution in [-0.2, 0) is 9.84 Å². The molecule has 1 aliphatic rings. The molecule has 0 radical (unpaired) electrons. The van der Waals surface area contributed by atoms with E-state index in [1.54, 1.807) is 0 Å². The van der Waals surface area contributed by atoms with Gasteiger partial charge in [0.25, 0.3) is 0 Å². The lowest BCUT2D eigenvalue weighted by Crippen LogP contribution is -2.39. The first kappa shape index (κ1) is 15.5. The first-order valence-electron chi connectivity index (χ1n) is 7.53. The zero-order chi connectivity index (χ0) is 14.8. The summed E-state index contributed by atoms with van der Waals surface area (Å²) in [5.41, 5.74) is 8.48. The van der Waals surface area contributed by atoms with Crippen LogP contribution in [-0.4, -0.2) is 19.4 Å². The van der Waals surface area contributed by atoms with Crippen LogP contribution < -0.4 is 5.73 Å². The lowest BCUT2D eigenvalue weighted by Gasteiger charge is -2.34. The summed E-state index contributed by atoms with van der Waals surface area (Å²) in [7, 11) is -3.11. The molecule has 0 spiro atoms. The first-order chi connectivity index (χ1) is 9.47. The second-order valence-electron chi connectivity index (χ2n) is 5.90. The molecule has 0 bridgehead atoms. The highest BCUT2D eigenvalue weighted by molar-refractivity contribution is 7.92. The second-order valence-corrected chi connectivity index (χ2v) is 8.24. The van der Waals surface area contributed by atoms with E-state index in [0.717, 1.165) is 24.8 Å². The topological polar surface area (TPSA) is 60.2 Å². The summed E-state index contributed by atoms with van der Waals surface area (Å²) < 4.78 is 25.1. The van der Waals surface area contributed by atoms with Crippen LogP contribution in [0.15, 0.2) is 24.3 Å². The minimum atomic E-state index is -3.11. The van der Waals surface area contributed by atoms with E-state index in [-0.39, 0.29) is 17.7 Å². The summed E-state index contributed by atoms with van der Waals surface area (Å²) in [6.07, 6.45) is 3.39. The third kappa shape index (κ3) is 3.07. The largest absolute Gasteiger partial charge is 0.323 e. The number of nitrogens with two attached hydrogens (primary N) is 1. The predicted molar refractivity (Wildman–Crippen MR) is 83.5 cm³/mol. The quantitative estimate of drug-likeness (QED) is 0.849. The number of unbranched alkanes of at least 4 members (excludes halogenated alkanes) is 2. The van der Waals surface area contributed by atoms with Gasteiger partial charge in [0.15, 0.2) is 9.84 Å². The Labute approximate surface area is 122 Å². The summed E-state index contributed by atoms with van der Waals surface area (Å²) in [5.74, 6) is 0.533. The minimum absolute atomic E-state index is 0.261. The fraction of sp³-hybridized carbons (Fsp3) is 0.625. The molecule has 4 heteroatoms. The molecule has 0 fully saturated rings. The lowest BCUT2D eigenvalue weighted by molar-refractivity contribution is 0.486. The van der Waals surface area contributed by atoms with E-state index in [1.165, 1.54) is 5.56 Å². The van der Waals surface area contributed by atoms with Gasteiger partial charge in [-0.2, -0.15) is 0 Å². The molecule has 0 heterocycles. The smallest absolute Gasteiger partial charge is 0.155 e. The van der Waals surface area contributed by atoms with Gasteiger partial charge in [0.1, 0.15) is 0 Å². The molecule has 1 aliphatic carbocycles. The molecule has 0 aromatic heterocycles. The van der Waals surface area contributed by atoms with E-state index in [0.29, 0.717) is 6.42 Å². The van der Waals surface area contributed by atoms with Gasteiger partial charge in [0.2, 0.25) is 0 Å². The van der Waals surface area contributed by atoms with Gasteiger partial charge < -0.3 is 5.73 Å². The average molecular weight is 295 g/mol. The van der Waals surface area contributed by atoms with Gasteiger partial charge in [-0.05, 0) is 29.9 Å². The van der Waals surface area contributed by atoms with E-state index < -0.39 is 15.1 Å². The summed E-state index contributed by atoms with van der Waals surface area (Å²) in [5, 5.41) is -0.427. The Hall–Kier alpha value is -0.870. The zero-order valence-electron chi connectivity index (χ0n) is 12.4. The molecule has 3 unspecified atom stereocenters. The van der Waals surface area contributed by atoms with Crippen LogP contribution in [0.5, 0.6) is 0 Å². The highest BCUT2D eigenvalue weighted by Gasteiger charge is 2.38. The SMILES string of the molecule is CCCCCS(=O)(=O)C1CC(C)c2ccccc2C1N. The van der Waals surface area contributed by atoms with Crippen LogP contribution in [0.4, 0.5) is 0 Å². The monoisotopic (exact) mass is 295 g/mol. The lowest BCUT2D eigenvalue weighted by atomic mass is 9.81. The highest BCUT2D eigenvalue weighted by atomic mass is 32.2. The summed E-state index contributed by atoms with van der Waals surface area (Å²) >= 11 is 0. The van der Waals surface area contributed by atoms with Gasteiger partial charge in [0, 0.05) is 6.04 Å². The van der Waals surface area contributed by atoms with E-state index in [2.05, 4.69) is 19.9 Å². The van der Waals surface area contributed by atoms with Crippen LogP contribution >= 0.6 is 0 Å². The van der Waals surface area contributed by atoms with Crippen LogP contribution in [0.1, 0.15) is 62.6 Å². The van der Waals surface area contributed by atoms with Crippen molar-refractivity contribution in [2.24, 2.45) is 5.73 Å². The molecule has 112 valence electrons. The fourth-order valence-electron chi connectivity index (χ4n) is 3.16. The molecule has 3 atom stereocenters. The Morgan fingerprint density at radius 2 is 1.85 bits per heavy atom. The molecule has 0 saturated heterocycles. The van der Waals surface area contributed by atoms with Gasteiger partial charge in [-0.1, -0.05) is 51.0 Å². The van der Waals surface area contributed by atoms with E-state index in [9.17, 15) is 8.42 Å². The maximum absolute atomic E-state index is 12.5. The second kappa shape index (κ2) is 6.27. The van der Waals surface area contributed by atoms with E-state index in [4.69, 9.17) is 5.73 Å². The van der Waals surface area contributed by atoms with E-state index in [1.807, 2.05) is 18.2 Å². The van der Waals surface area contributed by atoms with Crippen molar-refractivity contribution in [2.75, 3.05) is 5.75 Å². The predicted octanol–water partition coefficient (Wildman–Crippen LogP) is 3.17. The molecule has 0 aliphatic heterocycles. The number of rotatable bonds is 5. The first-order valence-corrected chi connectivity index (χ1v) is 9.25. The van der Waals surface area contributed by atoms with Crippen molar-refractivity contribution < 1.29 is 8.42 Å². The fourth-order valence-corrected chi connectivity index (χ4v) is 5.24. The molecule has 1 aromatic rings. The maximum Gasteiger partial charge on any atom is 0.155 e. The van der Waals surface area contributed by atoms with Crippen LogP contribution in [0, 0.1) is 0 Å². The molecule has 1 aromatic carbocycles. The normalized spacial score (nSPS) is 26.2. The van der Waals surface area contributed by atoms with Gasteiger partial charge in [-0.15, -0.1) is 0 Å². The molecule has 3 nitrogen and oxygen atoms in total. The van der Waals surface area contributed by atoms with Gasteiger partial charge >= 0.3 is 0 Å². The summed E-state index contributed by atoms with van der Waals surface area (Å²) in [6.45, 7) is 4.18. The molecular formula is C16H25NO2S. The number of benzene rings is 1. The third-order valence-corrected chi connectivity index (χ3v) is 6.63. The Balaban J connectivity index is 2.23. The molecule has 2 rings (SSSR count). The number of hydrogen-bond acceptors (Lipinski definition) is 3. The van der Waals surface area contributed by atoms with Crippen molar-refractivity contribution in [3.05, 3.63) is 35.4 Å². The minimum Gasteiger partial charge on any atom is -0.323 e. The Morgan fingerprint density at radius 3 is 2.50 bits per heavy atom. The summed E-state index contributed by atoms with van der Waals surface area (Å²) in [4.78, 5) is 0. The van der Waals surface area contributed by atoms with Crippen molar-refractivity contribution in [1.82, 2.24) is 0 Å². The van der Waals surface area contributed by atoms with Crippen molar-refractivity contribution in [3.63, 3.8) is 0 Å². The van der Waals surface area contributed by atoms with Gasteiger partial charge in [-0.25, -0.2) is 8.42 Å². The zero-order valence-corrected chi connectivity index (χ0v) is 13.2. The number of hydrogen-bond donors (Lipinski definition) is 1. The molecular weight excluding hydrogens is 270 g/mol. The van der Waals surface area contributed by atoms with Crippen LogP contribution in [0.25, 0.3) is 0 Å². The Morgan fingerprint density at radius 1 is 1.20 bits per heavy atom. The van der Waals surface area contributed by atoms with Crippen molar-refractivity contribution in [1.29, 1.82) is 0 Å². The highest BCUT2D eigenvalue weighted by Crippen LogP contribution is 2.39. The standard InChI is InChI=1S/C16H25NO2S/c1-3-4-7-10-20(18,19)15-11-12(2)13-8-5-6-9-14(13)16(15)17/h5-6,8-9,12,15-16H,3-4,7,10-11,17H2,1-2H3. The molecule has 20 heavy (non-hydrogen) atoms.